The summed E-state index contributed by atoms with van der Waals surface area (Å²) in [5.41, 5.74) is 1.12. The molecule has 8 nitrogen and oxygen atoms in total. The molecule has 0 saturated carbocycles. The molecule has 1 amide bonds. The lowest BCUT2D eigenvalue weighted by atomic mass is 10.2. The summed E-state index contributed by atoms with van der Waals surface area (Å²) in [6, 6.07) is 0.0649. The number of anilines is 1. The zero-order chi connectivity index (χ0) is 17.6. The van der Waals surface area contributed by atoms with Crippen molar-refractivity contribution in [2.24, 2.45) is 7.05 Å². The topological polar surface area (TPSA) is 103 Å². The zero-order valence-corrected chi connectivity index (χ0v) is 15.3. The fourth-order valence-corrected chi connectivity index (χ4v) is 4.94. The van der Waals surface area contributed by atoms with E-state index in [4.69, 9.17) is 4.52 Å². The van der Waals surface area contributed by atoms with Crippen molar-refractivity contribution >= 4 is 45.2 Å². The number of thiophene rings is 1. The van der Waals surface area contributed by atoms with E-state index < -0.39 is 0 Å². The maximum atomic E-state index is 12.7. The summed E-state index contributed by atoms with van der Waals surface area (Å²) in [5, 5.41) is 7.40. The van der Waals surface area contributed by atoms with E-state index in [2.05, 4.69) is 20.4 Å². The van der Waals surface area contributed by atoms with Crippen molar-refractivity contribution in [1.29, 1.82) is 0 Å². The average molecular weight is 377 g/mol. The van der Waals surface area contributed by atoms with Crippen LogP contribution in [0.4, 0.5) is 6.01 Å². The first-order chi connectivity index (χ1) is 12.0. The molecule has 3 heterocycles. The van der Waals surface area contributed by atoms with Crippen molar-refractivity contribution in [3.63, 3.8) is 0 Å². The molecule has 0 aliphatic heterocycles. The van der Waals surface area contributed by atoms with Crippen LogP contribution in [-0.2, 0) is 24.7 Å². The smallest absolute Gasteiger partial charge is 0.315 e. The predicted molar refractivity (Wildman–Crippen MR) is 95.3 cm³/mol. The summed E-state index contributed by atoms with van der Waals surface area (Å²) < 4.78 is 6.37. The highest BCUT2D eigenvalue weighted by Crippen LogP contribution is 2.35. The normalized spacial score (nSPS) is 13.4. The zero-order valence-electron chi connectivity index (χ0n) is 13.7. The molecule has 0 atom stereocenters. The summed E-state index contributed by atoms with van der Waals surface area (Å²) >= 11 is 2.80. The Morgan fingerprint density at radius 3 is 3.00 bits per heavy atom. The molecule has 25 heavy (non-hydrogen) atoms. The third-order valence-electron chi connectivity index (χ3n) is 4.01. The van der Waals surface area contributed by atoms with Gasteiger partial charge in [0.15, 0.2) is 11.0 Å². The number of nitrogens with one attached hydrogen (secondary N) is 1. The Kier molecular flexibility index (Phi) is 4.08. The van der Waals surface area contributed by atoms with Crippen LogP contribution in [0.25, 0.3) is 10.2 Å². The van der Waals surface area contributed by atoms with Crippen LogP contribution in [-0.4, -0.2) is 31.4 Å². The molecular formula is C15H15N5O3S2. The molecule has 0 radical (unpaired) electrons. The fourth-order valence-electron chi connectivity index (χ4n) is 2.87. The molecule has 0 bridgehead atoms. The molecule has 0 aromatic carbocycles. The molecule has 1 N–H and O–H groups in total. The van der Waals surface area contributed by atoms with Gasteiger partial charge in [-0.1, -0.05) is 16.9 Å². The number of fused-ring (bicyclic) bond motifs is 3. The molecule has 0 saturated heterocycles. The molecule has 130 valence electrons. The van der Waals surface area contributed by atoms with E-state index in [0.717, 1.165) is 35.0 Å². The van der Waals surface area contributed by atoms with Crippen LogP contribution in [0.15, 0.2) is 14.5 Å². The van der Waals surface area contributed by atoms with Crippen molar-refractivity contribution in [2.75, 3.05) is 11.1 Å². The van der Waals surface area contributed by atoms with Gasteiger partial charge in [-0.05, 0) is 31.7 Å². The molecule has 0 unspecified atom stereocenters. The standard InChI is InChI=1S/C15H15N5O3S2/c1-7-16-14(23-19-7)17-10(21)6-24-15-18-12-11(13(22)20(15)2)8-4-3-5-9(8)25-12/h3-6H2,1-2H3,(H,16,17,19,21). The van der Waals surface area contributed by atoms with E-state index in [0.29, 0.717) is 11.0 Å². The molecule has 4 rings (SSSR count). The number of nitrogens with zero attached hydrogens (tertiary/aromatic N) is 4. The van der Waals surface area contributed by atoms with Crippen LogP contribution in [0.5, 0.6) is 0 Å². The highest BCUT2D eigenvalue weighted by atomic mass is 32.2. The maximum Gasteiger partial charge on any atom is 0.328 e. The van der Waals surface area contributed by atoms with Gasteiger partial charge in [0.25, 0.3) is 5.56 Å². The Hall–Kier alpha value is -2.20. The Balaban J connectivity index is 1.54. The summed E-state index contributed by atoms with van der Waals surface area (Å²) in [7, 11) is 1.69. The second-order valence-corrected chi connectivity index (χ2v) is 7.81. The number of rotatable bonds is 4. The minimum atomic E-state index is -0.295. The van der Waals surface area contributed by atoms with Gasteiger partial charge in [0, 0.05) is 11.9 Å². The number of carbonyl (C=O) groups is 1. The predicted octanol–water partition coefficient (Wildman–Crippen LogP) is 1.91. The van der Waals surface area contributed by atoms with Crippen molar-refractivity contribution in [1.82, 2.24) is 19.7 Å². The first-order valence-corrected chi connectivity index (χ1v) is 9.57. The van der Waals surface area contributed by atoms with E-state index in [9.17, 15) is 9.59 Å². The van der Waals surface area contributed by atoms with Gasteiger partial charge in [0.05, 0.1) is 11.1 Å². The SMILES string of the molecule is Cc1noc(NC(=O)CSc2nc3sc4c(c3c(=O)n2C)CCC4)n1. The molecule has 0 fully saturated rings. The minimum Gasteiger partial charge on any atom is -0.315 e. The van der Waals surface area contributed by atoms with E-state index in [-0.39, 0.29) is 23.2 Å². The highest BCUT2D eigenvalue weighted by molar-refractivity contribution is 7.99. The van der Waals surface area contributed by atoms with Crippen molar-refractivity contribution in [3.8, 4) is 0 Å². The van der Waals surface area contributed by atoms with Crippen LogP contribution in [0.2, 0.25) is 0 Å². The number of hydrogen-bond donors (Lipinski definition) is 1. The second kappa shape index (κ2) is 6.26. The van der Waals surface area contributed by atoms with Gasteiger partial charge in [0.2, 0.25) is 5.91 Å². The summed E-state index contributed by atoms with van der Waals surface area (Å²) in [6.07, 6.45) is 3.07. The highest BCUT2D eigenvalue weighted by Gasteiger charge is 2.22. The fraction of sp³-hybridized carbons (Fsp3) is 0.400. The van der Waals surface area contributed by atoms with Crippen molar-refractivity contribution in [3.05, 3.63) is 26.6 Å². The van der Waals surface area contributed by atoms with Crippen LogP contribution in [0.1, 0.15) is 22.7 Å². The molecule has 3 aromatic rings. The first kappa shape index (κ1) is 16.3. The molecule has 1 aliphatic rings. The van der Waals surface area contributed by atoms with Gasteiger partial charge in [0.1, 0.15) is 4.83 Å². The second-order valence-electron chi connectivity index (χ2n) is 5.78. The number of amides is 1. The van der Waals surface area contributed by atoms with Crippen LogP contribution in [0, 0.1) is 6.92 Å². The molecule has 10 heteroatoms. The van der Waals surface area contributed by atoms with E-state index in [1.54, 1.807) is 25.3 Å². The number of aromatic nitrogens is 4. The Morgan fingerprint density at radius 2 is 2.24 bits per heavy atom. The van der Waals surface area contributed by atoms with Gasteiger partial charge < -0.3 is 4.52 Å². The van der Waals surface area contributed by atoms with Crippen LogP contribution in [0.3, 0.4) is 0 Å². The third kappa shape index (κ3) is 2.95. The number of carbonyl (C=O) groups excluding carboxylic acids is 1. The van der Waals surface area contributed by atoms with Gasteiger partial charge in [-0.25, -0.2) is 4.98 Å². The first-order valence-electron chi connectivity index (χ1n) is 7.77. The summed E-state index contributed by atoms with van der Waals surface area (Å²) in [6.45, 7) is 1.67. The van der Waals surface area contributed by atoms with E-state index in [1.165, 1.54) is 21.2 Å². The quantitative estimate of drug-likeness (QED) is 0.547. The summed E-state index contributed by atoms with van der Waals surface area (Å²) in [4.78, 5) is 35.2. The minimum absolute atomic E-state index is 0.0418. The van der Waals surface area contributed by atoms with Gasteiger partial charge in [-0.15, -0.1) is 11.3 Å². The monoisotopic (exact) mass is 377 g/mol. The molecule has 3 aromatic heterocycles. The van der Waals surface area contributed by atoms with Crippen LogP contribution >= 0.6 is 23.1 Å². The molecule has 0 spiro atoms. The van der Waals surface area contributed by atoms with E-state index >= 15 is 0 Å². The molecular weight excluding hydrogens is 362 g/mol. The summed E-state index contributed by atoms with van der Waals surface area (Å²) in [5.74, 6) is 0.248. The lowest BCUT2D eigenvalue weighted by Crippen LogP contribution is -2.21. The largest absolute Gasteiger partial charge is 0.328 e. The number of aryl methyl sites for hydroxylation is 3. The van der Waals surface area contributed by atoms with Crippen molar-refractivity contribution in [2.45, 2.75) is 31.3 Å². The lowest BCUT2D eigenvalue weighted by Gasteiger charge is -2.07. The Bertz CT molecular complexity index is 1040. The maximum absolute atomic E-state index is 12.7. The van der Waals surface area contributed by atoms with Crippen LogP contribution < -0.4 is 10.9 Å². The van der Waals surface area contributed by atoms with E-state index in [1.807, 2.05) is 0 Å². The third-order valence-corrected chi connectivity index (χ3v) is 6.23. The van der Waals surface area contributed by atoms with Crippen molar-refractivity contribution < 1.29 is 9.32 Å². The lowest BCUT2D eigenvalue weighted by molar-refractivity contribution is -0.114. The Labute approximate surface area is 150 Å². The van der Waals surface area contributed by atoms with Gasteiger partial charge >= 0.3 is 6.01 Å². The van der Waals surface area contributed by atoms with Gasteiger partial charge in [-0.2, -0.15) is 4.98 Å². The van der Waals surface area contributed by atoms with Gasteiger partial charge in [-0.3, -0.25) is 19.5 Å². The molecule has 1 aliphatic carbocycles. The number of hydrogen-bond acceptors (Lipinski definition) is 8. The number of thioether (sulfide) groups is 1. The average Bonchev–Trinajstić information content (AvgIpc) is 3.25. The Morgan fingerprint density at radius 1 is 1.40 bits per heavy atom.